The highest BCUT2D eigenvalue weighted by atomic mass is 35.5. The molecule has 8 heteroatoms. The van der Waals surface area contributed by atoms with Gasteiger partial charge in [0.05, 0.1) is 24.3 Å². The fourth-order valence-corrected chi connectivity index (χ4v) is 3.24. The Labute approximate surface area is 190 Å². The number of benzene rings is 2. The van der Waals surface area contributed by atoms with E-state index in [1.807, 2.05) is 18.2 Å². The molecule has 0 saturated carbocycles. The fourth-order valence-electron chi connectivity index (χ4n) is 2.77. The Bertz CT molecular complexity index is 1080. The second-order valence-electron chi connectivity index (χ2n) is 6.36. The molecule has 0 aliphatic heterocycles. The Morgan fingerprint density at radius 1 is 0.968 bits per heavy atom. The molecule has 0 radical (unpaired) electrons. The minimum atomic E-state index is -0.589. The van der Waals surface area contributed by atoms with Crippen molar-refractivity contribution in [3.63, 3.8) is 0 Å². The normalized spacial score (nSPS) is 11.1. The number of ether oxygens (including phenoxy) is 3. The lowest BCUT2D eigenvalue weighted by Crippen LogP contribution is -2.26. The van der Waals surface area contributed by atoms with Gasteiger partial charge in [0, 0.05) is 36.3 Å². The van der Waals surface area contributed by atoms with Crippen LogP contribution in [0.25, 0.3) is 11.8 Å². The summed E-state index contributed by atoms with van der Waals surface area (Å²) in [6, 6.07) is 14.3. The first-order chi connectivity index (χ1) is 14.9. The molecule has 0 N–H and O–H groups in total. The molecule has 6 nitrogen and oxygen atoms in total. The maximum Gasteiger partial charge on any atom is 0.419 e. The third kappa shape index (κ3) is 5.29. The van der Waals surface area contributed by atoms with Crippen LogP contribution in [0, 0.1) is 0 Å². The minimum absolute atomic E-state index is 0.226. The zero-order chi connectivity index (χ0) is 22.4. The van der Waals surface area contributed by atoms with Crippen LogP contribution >= 0.6 is 23.2 Å². The van der Waals surface area contributed by atoms with Crippen molar-refractivity contribution in [1.82, 2.24) is 4.98 Å². The van der Waals surface area contributed by atoms with E-state index in [1.54, 1.807) is 50.6 Å². The van der Waals surface area contributed by atoms with Gasteiger partial charge < -0.3 is 14.2 Å². The number of carbonyl (C=O) groups is 1. The number of carbonyl (C=O) groups excluding carboxylic acids is 1. The van der Waals surface area contributed by atoms with Crippen molar-refractivity contribution in [2.24, 2.45) is 0 Å². The van der Waals surface area contributed by atoms with E-state index < -0.39 is 6.09 Å². The van der Waals surface area contributed by atoms with E-state index in [1.165, 1.54) is 24.4 Å². The summed E-state index contributed by atoms with van der Waals surface area (Å²) in [7, 11) is 4.69. The molecule has 0 saturated heterocycles. The Hall–Kier alpha value is -3.22. The van der Waals surface area contributed by atoms with E-state index in [0.717, 1.165) is 0 Å². The quantitative estimate of drug-likeness (QED) is 0.412. The number of pyridine rings is 1. The lowest BCUT2D eigenvalue weighted by molar-refractivity contribution is 0.201. The van der Waals surface area contributed by atoms with Gasteiger partial charge in [-0.05, 0) is 36.4 Å². The summed E-state index contributed by atoms with van der Waals surface area (Å²) in [5, 5.41) is 0.635. The summed E-state index contributed by atoms with van der Waals surface area (Å²) in [5.41, 5.74) is 1.72. The lowest BCUT2D eigenvalue weighted by Gasteiger charge is -2.19. The van der Waals surface area contributed by atoms with Crippen molar-refractivity contribution in [2.45, 2.75) is 0 Å². The van der Waals surface area contributed by atoms with Crippen molar-refractivity contribution < 1.29 is 19.0 Å². The maximum absolute atomic E-state index is 12.9. The Balaban J connectivity index is 2.05. The van der Waals surface area contributed by atoms with Gasteiger partial charge in [-0.3, -0.25) is 9.88 Å². The third-order valence-electron chi connectivity index (χ3n) is 4.45. The summed E-state index contributed by atoms with van der Waals surface area (Å²) in [6.07, 6.45) is 3.92. The molecule has 3 aromatic rings. The number of rotatable bonds is 6. The van der Waals surface area contributed by atoms with Gasteiger partial charge >= 0.3 is 6.09 Å². The van der Waals surface area contributed by atoms with Gasteiger partial charge in [-0.15, -0.1) is 0 Å². The molecule has 1 heterocycles. The number of anilines is 1. The van der Waals surface area contributed by atoms with Crippen LogP contribution in [0.3, 0.4) is 0 Å². The first-order valence-corrected chi connectivity index (χ1v) is 9.94. The average Bonchev–Trinajstić information content (AvgIpc) is 2.80. The highest BCUT2D eigenvalue weighted by Gasteiger charge is 2.18. The molecule has 0 fully saturated rings. The monoisotopic (exact) mass is 458 g/mol. The van der Waals surface area contributed by atoms with Crippen molar-refractivity contribution in [1.29, 1.82) is 0 Å². The Kier molecular flexibility index (Phi) is 7.39. The molecule has 31 heavy (non-hydrogen) atoms. The second-order valence-corrected chi connectivity index (χ2v) is 7.17. The highest BCUT2D eigenvalue weighted by molar-refractivity contribution is 6.37. The lowest BCUT2D eigenvalue weighted by atomic mass is 10.1. The molecule has 0 aliphatic carbocycles. The second kappa shape index (κ2) is 10.2. The predicted octanol–water partition coefficient (Wildman–Crippen LogP) is 6.18. The molecule has 3 rings (SSSR count). The van der Waals surface area contributed by atoms with E-state index in [4.69, 9.17) is 37.4 Å². The standard InChI is InChI=1S/C23H20Cl2N2O4/c1-27(16-7-5-4-6-8-16)23(28)31-21(12-17-18(24)13-26-14-19(17)25)15-9-10-20(29-2)22(11-15)30-3/h4-14H,1-3H3/b21-12-. The molecule has 2 aromatic carbocycles. The summed E-state index contributed by atoms with van der Waals surface area (Å²) >= 11 is 12.6. The molecule has 160 valence electrons. The van der Waals surface area contributed by atoms with Gasteiger partial charge in [0.2, 0.25) is 0 Å². The number of hydrogen-bond acceptors (Lipinski definition) is 5. The Morgan fingerprint density at radius 3 is 2.23 bits per heavy atom. The molecule has 0 atom stereocenters. The molecule has 0 unspecified atom stereocenters. The fraction of sp³-hybridized carbons (Fsp3) is 0.130. The molecular weight excluding hydrogens is 439 g/mol. The van der Waals surface area contributed by atoms with Crippen LogP contribution in [0.1, 0.15) is 11.1 Å². The van der Waals surface area contributed by atoms with E-state index in [0.29, 0.717) is 38.4 Å². The van der Waals surface area contributed by atoms with Crippen LogP contribution in [-0.4, -0.2) is 32.3 Å². The van der Waals surface area contributed by atoms with Gasteiger partial charge in [0.1, 0.15) is 5.76 Å². The number of nitrogens with zero attached hydrogens (tertiary/aromatic N) is 2. The van der Waals surface area contributed by atoms with Crippen LogP contribution in [0.15, 0.2) is 60.9 Å². The molecule has 0 bridgehead atoms. The largest absolute Gasteiger partial charge is 0.493 e. The van der Waals surface area contributed by atoms with Crippen molar-refractivity contribution in [3.8, 4) is 11.5 Å². The molecule has 0 aliphatic rings. The molecule has 1 aromatic heterocycles. The molecule has 1 amide bonds. The van der Waals surface area contributed by atoms with E-state index >= 15 is 0 Å². The van der Waals surface area contributed by atoms with Crippen LogP contribution < -0.4 is 14.4 Å². The van der Waals surface area contributed by atoms with E-state index in [-0.39, 0.29) is 5.76 Å². The van der Waals surface area contributed by atoms with Gasteiger partial charge in [-0.25, -0.2) is 4.79 Å². The van der Waals surface area contributed by atoms with Gasteiger partial charge in [0.25, 0.3) is 0 Å². The smallest absolute Gasteiger partial charge is 0.419 e. The van der Waals surface area contributed by atoms with Gasteiger partial charge in [-0.1, -0.05) is 41.4 Å². The number of amides is 1. The number of halogens is 2. The van der Waals surface area contributed by atoms with E-state index in [9.17, 15) is 4.79 Å². The SMILES string of the molecule is COc1ccc(/C(=C/c2c(Cl)cncc2Cl)OC(=O)N(C)c2ccccc2)cc1OC. The van der Waals surface area contributed by atoms with Crippen LogP contribution in [-0.2, 0) is 4.74 Å². The summed E-state index contributed by atoms with van der Waals surface area (Å²) < 4.78 is 16.4. The average molecular weight is 459 g/mol. The number of aromatic nitrogens is 1. The van der Waals surface area contributed by atoms with Crippen molar-refractivity contribution >= 4 is 46.8 Å². The van der Waals surface area contributed by atoms with Gasteiger partial charge in [-0.2, -0.15) is 0 Å². The first-order valence-electron chi connectivity index (χ1n) is 9.18. The van der Waals surface area contributed by atoms with Gasteiger partial charge in [0.15, 0.2) is 11.5 Å². The van der Waals surface area contributed by atoms with Crippen LogP contribution in [0.4, 0.5) is 10.5 Å². The zero-order valence-corrected chi connectivity index (χ0v) is 18.6. The molecule has 0 spiro atoms. The summed E-state index contributed by atoms with van der Waals surface area (Å²) in [6.45, 7) is 0. The number of hydrogen-bond donors (Lipinski definition) is 0. The third-order valence-corrected chi connectivity index (χ3v) is 5.05. The minimum Gasteiger partial charge on any atom is -0.493 e. The van der Waals surface area contributed by atoms with E-state index in [2.05, 4.69) is 4.98 Å². The van der Waals surface area contributed by atoms with Crippen molar-refractivity contribution in [3.05, 3.63) is 82.1 Å². The summed E-state index contributed by atoms with van der Waals surface area (Å²) in [4.78, 5) is 18.2. The summed E-state index contributed by atoms with van der Waals surface area (Å²) in [5.74, 6) is 1.24. The van der Waals surface area contributed by atoms with Crippen molar-refractivity contribution in [2.75, 3.05) is 26.2 Å². The Morgan fingerprint density at radius 2 is 1.61 bits per heavy atom. The zero-order valence-electron chi connectivity index (χ0n) is 17.1. The predicted molar refractivity (Wildman–Crippen MR) is 123 cm³/mol. The number of para-hydroxylation sites is 1. The molecular formula is C23H20Cl2N2O4. The number of methoxy groups -OCH3 is 2. The maximum atomic E-state index is 12.9. The topological polar surface area (TPSA) is 60.9 Å². The van der Waals surface area contributed by atoms with Crippen LogP contribution in [0.2, 0.25) is 10.0 Å². The highest BCUT2D eigenvalue weighted by Crippen LogP contribution is 2.34. The van der Waals surface area contributed by atoms with Crippen LogP contribution in [0.5, 0.6) is 11.5 Å². The first kappa shape index (κ1) is 22.5.